The zero-order valence-corrected chi connectivity index (χ0v) is 14.6. The van der Waals surface area contributed by atoms with Gasteiger partial charge in [-0.25, -0.2) is 4.78 Å². The highest BCUT2D eigenvalue weighted by Gasteiger charge is 2.18. The molecule has 0 heterocycles. The molecule has 0 unspecified atom stereocenters. The largest absolute Gasteiger partial charge is 0.376 e. The van der Waals surface area contributed by atoms with Crippen LogP contribution in [0.25, 0.3) is 0 Å². The van der Waals surface area contributed by atoms with Gasteiger partial charge in [0.1, 0.15) is 0 Å². The highest BCUT2D eigenvalue weighted by atomic mass is 27.2. The van der Waals surface area contributed by atoms with Crippen LogP contribution in [0.4, 0.5) is 0 Å². The van der Waals surface area contributed by atoms with Crippen molar-refractivity contribution in [3.63, 3.8) is 0 Å². The van der Waals surface area contributed by atoms with Gasteiger partial charge in [-0.3, -0.25) is 0 Å². The first-order valence-electron chi connectivity index (χ1n) is 7.98. The van der Waals surface area contributed by atoms with E-state index in [2.05, 4.69) is 44.3 Å². The first kappa shape index (κ1) is 18.7. The first-order valence-corrected chi connectivity index (χ1v) is 10.2. The molecule has 0 saturated carbocycles. The number of hydrogen-bond donors (Lipinski definition) is 0. The third-order valence-corrected chi connectivity index (χ3v) is 6.83. The molecule has 0 amide bonds. The predicted octanol–water partition coefficient (Wildman–Crippen LogP) is 5.31. The molecule has 0 N–H and O–H groups in total. The maximum Gasteiger partial charge on any atom is 0.376 e. The van der Waals surface area contributed by atoms with E-state index in [0.717, 1.165) is 24.7 Å². The van der Waals surface area contributed by atoms with Crippen LogP contribution >= 0.6 is 0 Å². The fourth-order valence-electron chi connectivity index (χ4n) is 2.36. The Morgan fingerprint density at radius 1 is 0.842 bits per heavy atom. The maximum atomic E-state index is 5.24. The Hall–Kier alpha value is -0.348. The van der Waals surface area contributed by atoms with Crippen molar-refractivity contribution < 1.29 is 0 Å². The Balaban J connectivity index is 3.82. The molecule has 0 saturated heterocycles. The molecule has 0 aliphatic heterocycles. The molecule has 0 aromatic heterocycles. The fraction of sp³-hybridized carbons (Fsp3) is 0.778. The van der Waals surface area contributed by atoms with E-state index in [1.165, 1.54) is 36.2 Å². The van der Waals surface area contributed by atoms with E-state index in [0.29, 0.717) is 0 Å². The topological polar surface area (TPSA) is 0 Å². The Bertz CT molecular complexity index is 288. The van der Waals surface area contributed by atoms with Gasteiger partial charge in [0.25, 0.3) is 0 Å². The van der Waals surface area contributed by atoms with Crippen LogP contribution in [0.15, 0.2) is 0 Å². The minimum atomic E-state index is -0.807. The highest BCUT2D eigenvalue weighted by molar-refractivity contribution is 6.67. The van der Waals surface area contributed by atoms with E-state index in [1.807, 2.05) is 0 Å². The summed E-state index contributed by atoms with van der Waals surface area (Å²) in [4.78, 5) is 3.64. The summed E-state index contributed by atoms with van der Waals surface area (Å²) in [5.74, 6) is 7.78. The van der Waals surface area contributed by atoms with Crippen LogP contribution in [-0.2, 0) is 0 Å². The lowest BCUT2D eigenvalue weighted by Crippen LogP contribution is -2.15. The molecule has 106 valence electrons. The van der Waals surface area contributed by atoms with Crippen LogP contribution in [0, 0.1) is 34.9 Å². The summed E-state index contributed by atoms with van der Waals surface area (Å²) in [6.45, 7) is 9.31. The lowest BCUT2D eigenvalue weighted by molar-refractivity contribution is 0.661. The molecule has 1 heteroatoms. The Morgan fingerprint density at radius 3 is 1.84 bits per heavy atom. The normalized spacial score (nSPS) is 10.2. The van der Waals surface area contributed by atoms with Crippen molar-refractivity contribution in [2.75, 3.05) is 0 Å². The Labute approximate surface area is 126 Å². The van der Waals surface area contributed by atoms with Gasteiger partial charge in [-0.1, -0.05) is 62.9 Å². The first-order chi connectivity index (χ1) is 9.06. The van der Waals surface area contributed by atoms with Gasteiger partial charge in [0.2, 0.25) is 0 Å². The minimum absolute atomic E-state index is 0.807. The van der Waals surface area contributed by atoms with Gasteiger partial charge in [0, 0.05) is 12.8 Å². The van der Waals surface area contributed by atoms with Gasteiger partial charge in [-0.05, 0) is 12.8 Å². The number of unbranched alkanes of at least 4 members (excludes halogenated alkanes) is 5. The van der Waals surface area contributed by atoms with E-state index in [9.17, 15) is 0 Å². The quantitative estimate of drug-likeness (QED) is 0.304. The summed E-state index contributed by atoms with van der Waals surface area (Å²) >= 11 is -0.807. The predicted molar refractivity (Wildman–Crippen MR) is 89.4 cm³/mol. The summed E-state index contributed by atoms with van der Waals surface area (Å²) in [5.41, 5.74) is 0. The molecule has 19 heavy (non-hydrogen) atoms. The molecule has 0 atom stereocenters. The van der Waals surface area contributed by atoms with E-state index >= 15 is 0 Å². The smallest absolute Gasteiger partial charge is 0.205 e. The molecule has 0 rings (SSSR count). The summed E-state index contributed by atoms with van der Waals surface area (Å²) in [7, 11) is 0. The van der Waals surface area contributed by atoms with Crippen LogP contribution in [0.2, 0.25) is 10.6 Å². The van der Waals surface area contributed by atoms with Gasteiger partial charge < -0.3 is 0 Å². The summed E-state index contributed by atoms with van der Waals surface area (Å²) < 4.78 is 0. The van der Waals surface area contributed by atoms with Crippen LogP contribution in [-0.4, -0.2) is 14.1 Å². The van der Waals surface area contributed by atoms with Gasteiger partial charge in [0.05, 0.1) is 0 Å². The van der Waals surface area contributed by atoms with Crippen LogP contribution in [0.3, 0.4) is 0 Å². The molecule has 0 nitrogen and oxygen atoms in total. The molecule has 0 aromatic rings. The monoisotopic (exact) mass is 274 g/mol. The third-order valence-electron chi connectivity index (χ3n) is 3.19. The lowest BCUT2D eigenvalue weighted by Gasteiger charge is -2.10. The standard InChI is InChI=1S/C10H13.2C4H9.Al/c1-3-5-7-9-10-8-6-4-2;2*1-4(2)3;/h1H,5-10H2;2*4H,1H2,2-3H3;. The summed E-state index contributed by atoms with van der Waals surface area (Å²) in [5, 5.41) is 2.76. The van der Waals surface area contributed by atoms with Crippen LogP contribution in [0.5, 0.6) is 0 Å². The lowest BCUT2D eigenvalue weighted by atomic mass is 10.1. The average molecular weight is 274 g/mol. The van der Waals surface area contributed by atoms with Crippen molar-refractivity contribution in [2.45, 2.75) is 76.8 Å². The van der Waals surface area contributed by atoms with E-state index in [4.69, 9.17) is 6.42 Å². The van der Waals surface area contributed by atoms with Crippen LogP contribution in [0.1, 0.15) is 66.2 Å². The number of hydrogen-bond acceptors (Lipinski definition) is 0. The molecule has 0 aliphatic carbocycles. The second-order valence-corrected chi connectivity index (χ2v) is 9.02. The van der Waals surface area contributed by atoms with Gasteiger partial charge in [0.15, 0.2) is 0 Å². The van der Waals surface area contributed by atoms with Crippen molar-refractivity contribution in [2.24, 2.45) is 11.8 Å². The zero-order chi connectivity index (χ0) is 14.5. The van der Waals surface area contributed by atoms with Gasteiger partial charge in [-0.2, -0.15) is 0 Å². The molecular formula is C18H31Al. The molecule has 0 aliphatic rings. The van der Waals surface area contributed by atoms with E-state index in [-0.39, 0.29) is 0 Å². The van der Waals surface area contributed by atoms with E-state index in [1.54, 1.807) is 0 Å². The van der Waals surface area contributed by atoms with Crippen molar-refractivity contribution in [1.29, 1.82) is 0 Å². The van der Waals surface area contributed by atoms with Crippen molar-refractivity contribution >= 4 is 14.1 Å². The molecule has 0 fully saturated rings. The van der Waals surface area contributed by atoms with Crippen LogP contribution < -0.4 is 0 Å². The summed E-state index contributed by atoms with van der Waals surface area (Å²) in [6.07, 6.45) is 12.3. The minimum Gasteiger partial charge on any atom is -0.205 e. The Kier molecular flexibility index (Phi) is 12.4. The van der Waals surface area contributed by atoms with Crippen molar-refractivity contribution in [1.82, 2.24) is 0 Å². The second-order valence-electron chi connectivity index (χ2n) is 6.40. The fourth-order valence-corrected chi connectivity index (χ4v) is 5.50. The third kappa shape index (κ3) is 13.9. The van der Waals surface area contributed by atoms with Crippen molar-refractivity contribution in [3.8, 4) is 23.0 Å². The molecule has 0 aromatic carbocycles. The van der Waals surface area contributed by atoms with E-state index < -0.39 is 14.1 Å². The molecule has 0 radical (unpaired) electrons. The molecule has 0 spiro atoms. The number of terminal acetylenes is 1. The van der Waals surface area contributed by atoms with Crippen molar-refractivity contribution in [3.05, 3.63) is 0 Å². The zero-order valence-electron chi connectivity index (χ0n) is 13.5. The van der Waals surface area contributed by atoms with Gasteiger partial charge >= 0.3 is 14.1 Å². The maximum absolute atomic E-state index is 5.24. The summed E-state index contributed by atoms with van der Waals surface area (Å²) in [6, 6.07) is 0. The SMILES string of the molecule is C#CCCCCCCC#[C][Al]([CH2]C(C)C)[CH2]C(C)C. The second kappa shape index (κ2) is 12.7. The number of rotatable bonds is 9. The molecule has 0 bridgehead atoms. The van der Waals surface area contributed by atoms with Gasteiger partial charge in [-0.15, -0.1) is 18.3 Å². The average Bonchev–Trinajstić information content (AvgIpc) is 2.30. The Morgan fingerprint density at radius 2 is 1.37 bits per heavy atom. The highest BCUT2D eigenvalue weighted by Crippen LogP contribution is 2.14. The molecular weight excluding hydrogens is 243 g/mol.